The van der Waals surface area contributed by atoms with E-state index in [1.165, 1.54) is 4.68 Å². The van der Waals surface area contributed by atoms with Crippen LogP contribution in [0.3, 0.4) is 0 Å². The minimum atomic E-state index is -2.66. The Labute approximate surface area is 184 Å². The van der Waals surface area contributed by atoms with Gasteiger partial charge < -0.3 is 15.1 Å². The van der Waals surface area contributed by atoms with E-state index < -0.39 is 12.0 Å². The topological polar surface area (TPSA) is 49.2 Å². The van der Waals surface area contributed by atoms with Gasteiger partial charge in [-0.1, -0.05) is 18.5 Å². The highest BCUT2D eigenvalue weighted by molar-refractivity contribution is 6.34. The maximum atomic E-state index is 13.4. The molecule has 2 fully saturated rings. The lowest BCUT2D eigenvalue weighted by atomic mass is 10.1. The molecule has 0 spiro atoms. The van der Waals surface area contributed by atoms with Crippen LogP contribution in [0.5, 0.6) is 0 Å². The summed E-state index contributed by atoms with van der Waals surface area (Å²) in [7, 11) is 0. The minimum absolute atomic E-state index is 0.154. The van der Waals surface area contributed by atoms with Gasteiger partial charge in [-0.25, -0.2) is 13.8 Å². The maximum Gasteiger partial charge on any atom is 0.272 e. The molecule has 2 aliphatic rings. The number of hydrogen-bond donors (Lipinski definition) is 1. The highest BCUT2D eigenvalue weighted by Gasteiger charge is 2.59. The first-order valence-electron chi connectivity index (χ1n) is 10.6. The van der Waals surface area contributed by atoms with Crippen molar-refractivity contribution in [2.24, 2.45) is 0 Å². The smallest absolute Gasteiger partial charge is 0.272 e. The second-order valence-electron chi connectivity index (χ2n) is 8.34. The molecule has 31 heavy (non-hydrogen) atoms. The molecule has 1 aliphatic carbocycles. The quantitative estimate of drug-likeness (QED) is 0.606. The Balaban J connectivity index is 1.39. The van der Waals surface area contributed by atoms with Crippen LogP contribution in [0, 0.1) is 6.92 Å². The van der Waals surface area contributed by atoms with Crippen molar-refractivity contribution in [3.63, 3.8) is 0 Å². The van der Waals surface area contributed by atoms with Crippen LogP contribution in [-0.4, -0.2) is 58.3 Å². The molecule has 0 amide bonds. The van der Waals surface area contributed by atoms with Crippen molar-refractivity contribution in [2.45, 2.75) is 32.2 Å². The highest BCUT2D eigenvalue weighted by atomic mass is 35.5. The molecule has 3 heterocycles. The molecule has 1 atom stereocenters. The number of nitrogens with one attached hydrogen (secondary N) is 1. The van der Waals surface area contributed by atoms with Crippen molar-refractivity contribution in [3.05, 3.63) is 41.3 Å². The highest BCUT2D eigenvalue weighted by Crippen LogP contribution is 2.53. The molecule has 6 nitrogen and oxygen atoms in total. The molecule has 1 aromatic carbocycles. The zero-order valence-corrected chi connectivity index (χ0v) is 18.3. The Morgan fingerprint density at radius 1 is 1.13 bits per heavy atom. The summed E-state index contributed by atoms with van der Waals surface area (Å²) in [6, 6.07) is 5.17. The van der Waals surface area contributed by atoms with E-state index in [0.717, 1.165) is 54.2 Å². The van der Waals surface area contributed by atoms with E-state index in [4.69, 9.17) is 11.6 Å². The third-order valence-corrected chi connectivity index (χ3v) is 6.65. The molecule has 1 unspecified atom stereocenters. The number of pyridine rings is 1. The lowest BCUT2D eigenvalue weighted by molar-refractivity contribution is 0.0979. The van der Waals surface area contributed by atoms with E-state index in [0.29, 0.717) is 17.2 Å². The van der Waals surface area contributed by atoms with Gasteiger partial charge in [-0.3, -0.25) is 4.68 Å². The Hall–Kier alpha value is -2.45. The van der Waals surface area contributed by atoms with E-state index in [2.05, 4.69) is 38.2 Å². The van der Waals surface area contributed by atoms with Crippen molar-refractivity contribution >= 4 is 39.6 Å². The Morgan fingerprint density at radius 2 is 1.87 bits per heavy atom. The van der Waals surface area contributed by atoms with Crippen LogP contribution in [0.25, 0.3) is 10.8 Å². The molecule has 1 saturated carbocycles. The van der Waals surface area contributed by atoms with E-state index in [1.807, 2.05) is 12.1 Å². The Morgan fingerprint density at radius 3 is 2.55 bits per heavy atom. The minimum Gasteiger partial charge on any atom is -0.368 e. The predicted molar refractivity (Wildman–Crippen MR) is 120 cm³/mol. The van der Waals surface area contributed by atoms with E-state index >= 15 is 0 Å². The third-order valence-electron chi connectivity index (χ3n) is 6.34. The van der Waals surface area contributed by atoms with Gasteiger partial charge in [0, 0.05) is 44.2 Å². The average molecular weight is 447 g/mol. The van der Waals surface area contributed by atoms with Crippen molar-refractivity contribution in [1.29, 1.82) is 0 Å². The lowest BCUT2D eigenvalue weighted by Crippen LogP contribution is -2.46. The number of hydrogen-bond acceptors (Lipinski definition) is 5. The van der Waals surface area contributed by atoms with Crippen molar-refractivity contribution in [3.8, 4) is 0 Å². The SMILES string of the molecule is CCN1CCN(c2cc3cc(Nc4cnn(C5CC5(F)F)c4C)ncc3cc2Cl)CC1. The molecule has 1 saturated heterocycles. The van der Waals surface area contributed by atoms with Gasteiger partial charge in [0.15, 0.2) is 0 Å². The summed E-state index contributed by atoms with van der Waals surface area (Å²) < 4.78 is 28.3. The molecule has 1 aliphatic heterocycles. The third kappa shape index (κ3) is 3.83. The summed E-state index contributed by atoms with van der Waals surface area (Å²) in [5, 5.41) is 10.1. The number of piperazine rings is 1. The number of alkyl halides is 2. The number of fused-ring (bicyclic) bond motifs is 1. The first-order valence-corrected chi connectivity index (χ1v) is 11.0. The number of anilines is 3. The van der Waals surface area contributed by atoms with E-state index in [1.54, 1.807) is 19.3 Å². The van der Waals surface area contributed by atoms with Gasteiger partial charge in [0.05, 0.1) is 28.3 Å². The van der Waals surface area contributed by atoms with Gasteiger partial charge in [0.2, 0.25) is 0 Å². The van der Waals surface area contributed by atoms with Gasteiger partial charge >= 0.3 is 0 Å². The van der Waals surface area contributed by atoms with Gasteiger partial charge in [-0.2, -0.15) is 5.10 Å². The second-order valence-corrected chi connectivity index (χ2v) is 8.74. The van der Waals surface area contributed by atoms with Crippen molar-refractivity contribution < 1.29 is 8.78 Å². The average Bonchev–Trinajstić information content (AvgIpc) is 3.25. The number of aromatic nitrogens is 3. The van der Waals surface area contributed by atoms with Gasteiger partial charge in [-0.15, -0.1) is 0 Å². The van der Waals surface area contributed by atoms with Crippen LogP contribution < -0.4 is 10.2 Å². The summed E-state index contributed by atoms with van der Waals surface area (Å²) in [5.74, 6) is -2.02. The molecule has 5 rings (SSSR count). The summed E-state index contributed by atoms with van der Waals surface area (Å²) in [4.78, 5) is 9.22. The molecule has 1 N–H and O–H groups in total. The number of rotatable bonds is 5. The number of benzene rings is 1. The molecular weight excluding hydrogens is 422 g/mol. The molecular formula is C22H25ClF2N6. The maximum absolute atomic E-state index is 13.4. The molecule has 9 heteroatoms. The normalized spacial score (nSPS) is 20.9. The van der Waals surface area contributed by atoms with Gasteiger partial charge in [0.1, 0.15) is 11.9 Å². The van der Waals surface area contributed by atoms with E-state index in [9.17, 15) is 8.78 Å². The van der Waals surface area contributed by atoms with Crippen LogP contribution in [0.2, 0.25) is 5.02 Å². The van der Waals surface area contributed by atoms with Crippen LogP contribution in [-0.2, 0) is 0 Å². The number of likely N-dealkylation sites (N-methyl/N-ethyl adjacent to an activating group) is 1. The molecule has 164 valence electrons. The number of nitrogens with zero attached hydrogens (tertiary/aromatic N) is 5. The van der Waals surface area contributed by atoms with Gasteiger partial charge in [-0.05, 0) is 37.1 Å². The van der Waals surface area contributed by atoms with Crippen LogP contribution >= 0.6 is 11.6 Å². The molecule has 2 aromatic heterocycles. The van der Waals surface area contributed by atoms with Crippen molar-refractivity contribution in [2.75, 3.05) is 42.9 Å². The van der Waals surface area contributed by atoms with Crippen molar-refractivity contribution in [1.82, 2.24) is 19.7 Å². The lowest BCUT2D eigenvalue weighted by Gasteiger charge is -2.36. The molecule has 3 aromatic rings. The van der Waals surface area contributed by atoms with Crippen LogP contribution in [0.15, 0.2) is 30.6 Å². The zero-order chi connectivity index (χ0) is 21.8. The Kier molecular flexibility index (Phi) is 5.01. The second kappa shape index (κ2) is 7.60. The summed E-state index contributed by atoms with van der Waals surface area (Å²) in [6.45, 7) is 8.97. The molecule has 0 bridgehead atoms. The summed E-state index contributed by atoms with van der Waals surface area (Å²) >= 11 is 6.59. The summed E-state index contributed by atoms with van der Waals surface area (Å²) in [6.07, 6.45) is 3.20. The Bertz CT molecular complexity index is 1120. The van der Waals surface area contributed by atoms with E-state index in [-0.39, 0.29) is 6.42 Å². The monoisotopic (exact) mass is 446 g/mol. The van der Waals surface area contributed by atoms with Crippen LogP contribution in [0.1, 0.15) is 25.1 Å². The standard InChI is InChI=1S/C22H25ClF2N6/c1-3-29-4-6-30(7-5-29)19-9-15-10-21(26-12-16(15)8-17(19)23)28-18-13-27-31(14(18)2)20-11-22(20,24)25/h8-10,12-13,20H,3-7,11H2,1-2H3,(H,26,28). The fourth-order valence-electron chi connectivity index (χ4n) is 4.23. The first-order chi connectivity index (χ1) is 14.9. The largest absolute Gasteiger partial charge is 0.368 e. The zero-order valence-electron chi connectivity index (χ0n) is 17.6. The predicted octanol–water partition coefficient (Wildman–Crippen LogP) is 4.86. The fraction of sp³-hybridized carbons (Fsp3) is 0.455. The molecule has 0 radical (unpaired) electrons. The first kappa shape index (κ1) is 20.5. The fourth-order valence-corrected chi connectivity index (χ4v) is 4.52. The summed E-state index contributed by atoms with van der Waals surface area (Å²) in [5.41, 5.74) is 2.39. The number of halogens is 3. The van der Waals surface area contributed by atoms with Gasteiger partial charge in [0.25, 0.3) is 5.92 Å². The van der Waals surface area contributed by atoms with Crippen LogP contribution in [0.4, 0.5) is 26.0 Å².